The number of hydrogen-bond acceptors (Lipinski definition) is 2. The van der Waals surface area contributed by atoms with Crippen molar-refractivity contribution in [2.75, 3.05) is 0 Å². The molecule has 0 spiro atoms. The zero-order chi connectivity index (χ0) is 9.35. The van der Waals surface area contributed by atoms with E-state index >= 15 is 0 Å². The molecule has 0 atom stereocenters. The zero-order valence-corrected chi connectivity index (χ0v) is 7.05. The average molecular weight is 192 g/mol. The molecule has 0 aromatic carbocycles. The molecule has 66 valence electrons. The number of pyridine rings is 1. The predicted molar refractivity (Wildman–Crippen MR) is 37.4 cm³/mol. The Labute approximate surface area is 69.0 Å². The van der Waals surface area contributed by atoms with Gasteiger partial charge in [-0.3, -0.25) is 4.55 Å². The van der Waals surface area contributed by atoms with Crippen molar-refractivity contribution in [1.82, 2.24) is 0 Å². The van der Waals surface area contributed by atoms with Crippen molar-refractivity contribution >= 4 is 10.1 Å². The minimum atomic E-state index is -4.30. The van der Waals surface area contributed by atoms with E-state index in [1.807, 2.05) is 0 Å². The van der Waals surface area contributed by atoms with Crippen molar-refractivity contribution in [2.24, 2.45) is 7.05 Å². The third-order valence-corrected chi connectivity index (χ3v) is 2.21. The van der Waals surface area contributed by atoms with Crippen molar-refractivity contribution in [3.8, 4) is 0 Å². The van der Waals surface area contributed by atoms with Crippen LogP contribution in [0.2, 0.25) is 0 Å². The maximum atomic E-state index is 12.7. The van der Waals surface area contributed by atoms with Gasteiger partial charge in [0, 0.05) is 6.07 Å². The second-order valence-corrected chi connectivity index (χ2v) is 3.69. The largest absolute Gasteiger partial charge is 0.360 e. The van der Waals surface area contributed by atoms with E-state index < -0.39 is 21.0 Å². The van der Waals surface area contributed by atoms with Crippen LogP contribution >= 0.6 is 0 Å². The quantitative estimate of drug-likeness (QED) is 0.384. The Balaban J connectivity index is 3.33. The first-order valence-electron chi connectivity index (χ1n) is 3.04. The van der Waals surface area contributed by atoms with Crippen molar-refractivity contribution in [2.45, 2.75) is 4.90 Å². The standard InChI is InChI=1S/C6H6FNO3S/c1-8-3-2-5(4-6(8)7)12(9,10)11/h2-4H,1H3/p+1. The molecule has 1 aromatic rings. The summed E-state index contributed by atoms with van der Waals surface area (Å²) in [4.78, 5) is -0.446. The molecule has 0 aliphatic heterocycles. The lowest BCUT2D eigenvalue weighted by molar-refractivity contribution is -0.700. The smallest absolute Gasteiger partial charge is 0.282 e. The van der Waals surface area contributed by atoms with Crippen LogP contribution in [-0.2, 0) is 17.2 Å². The van der Waals surface area contributed by atoms with Gasteiger partial charge in [0.05, 0.1) is 6.07 Å². The number of hydrogen-bond donors (Lipinski definition) is 1. The molecule has 0 radical (unpaired) electrons. The first-order chi connectivity index (χ1) is 5.41. The summed E-state index contributed by atoms with van der Waals surface area (Å²) in [5, 5.41) is 0. The maximum absolute atomic E-state index is 12.7. The number of halogens is 1. The molecule has 1 heterocycles. The highest BCUT2D eigenvalue weighted by molar-refractivity contribution is 7.85. The molecule has 1 N–H and O–H groups in total. The van der Waals surface area contributed by atoms with Gasteiger partial charge in [-0.25, -0.2) is 0 Å². The number of aryl methyl sites for hydroxylation is 1. The molecule has 0 saturated carbocycles. The highest BCUT2D eigenvalue weighted by atomic mass is 32.2. The monoisotopic (exact) mass is 192 g/mol. The second-order valence-electron chi connectivity index (χ2n) is 2.27. The molecular formula is C6H7FNO3S+. The van der Waals surface area contributed by atoms with Gasteiger partial charge in [0.2, 0.25) is 0 Å². The third-order valence-electron chi connectivity index (χ3n) is 1.36. The van der Waals surface area contributed by atoms with Crippen LogP contribution in [-0.4, -0.2) is 13.0 Å². The molecule has 1 aromatic heterocycles. The first kappa shape index (κ1) is 9.08. The van der Waals surface area contributed by atoms with Gasteiger partial charge < -0.3 is 0 Å². The van der Waals surface area contributed by atoms with Crippen molar-refractivity contribution in [1.29, 1.82) is 0 Å². The van der Waals surface area contributed by atoms with E-state index in [0.29, 0.717) is 0 Å². The minimum absolute atomic E-state index is 0.446. The Hall–Kier alpha value is -1.01. The number of aromatic nitrogens is 1. The van der Waals surface area contributed by atoms with Crippen LogP contribution in [0.5, 0.6) is 0 Å². The summed E-state index contributed by atoms with van der Waals surface area (Å²) >= 11 is 0. The first-order valence-corrected chi connectivity index (χ1v) is 4.48. The lowest BCUT2D eigenvalue weighted by atomic mass is 10.5. The van der Waals surface area contributed by atoms with Crippen LogP contribution in [0.3, 0.4) is 0 Å². The minimum Gasteiger partial charge on any atom is -0.282 e. The maximum Gasteiger partial charge on any atom is 0.360 e. The highest BCUT2D eigenvalue weighted by Crippen LogP contribution is 2.05. The summed E-state index contributed by atoms with van der Waals surface area (Å²) in [6.45, 7) is 0. The number of nitrogens with zero attached hydrogens (tertiary/aromatic N) is 1. The number of rotatable bonds is 1. The summed E-state index contributed by atoms with van der Waals surface area (Å²) in [7, 11) is -2.88. The molecule has 0 aliphatic rings. The van der Waals surface area contributed by atoms with Gasteiger partial charge in [0.1, 0.15) is 11.9 Å². The molecule has 0 bridgehead atoms. The van der Waals surface area contributed by atoms with E-state index in [1.54, 1.807) is 0 Å². The molecular weight excluding hydrogens is 185 g/mol. The lowest BCUT2D eigenvalue weighted by Gasteiger charge is -1.94. The Bertz CT molecular complexity index is 401. The van der Waals surface area contributed by atoms with Crippen molar-refractivity contribution in [3.05, 3.63) is 24.3 Å². The van der Waals surface area contributed by atoms with E-state index in [9.17, 15) is 12.8 Å². The molecule has 0 unspecified atom stereocenters. The highest BCUT2D eigenvalue weighted by Gasteiger charge is 2.14. The molecule has 1 rings (SSSR count). The van der Waals surface area contributed by atoms with Crippen LogP contribution in [0.4, 0.5) is 4.39 Å². The van der Waals surface area contributed by atoms with E-state index in [1.165, 1.54) is 13.2 Å². The Morgan fingerprint density at radius 2 is 2.17 bits per heavy atom. The fraction of sp³-hybridized carbons (Fsp3) is 0.167. The van der Waals surface area contributed by atoms with Gasteiger partial charge in [-0.1, -0.05) is 0 Å². The van der Waals surface area contributed by atoms with Crippen LogP contribution < -0.4 is 4.57 Å². The summed E-state index contributed by atoms with van der Waals surface area (Å²) < 4.78 is 43.2. The van der Waals surface area contributed by atoms with Gasteiger partial charge in [-0.05, 0) is 0 Å². The summed E-state index contributed by atoms with van der Waals surface area (Å²) in [6.07, 6.45) is 1.21. The Morgan fingerprint density at radius 1 is 1.58 bits per heavy atom. The molecule has 0 fully saturated rings. The molecule has 0 saturated heterocycles. The zero-order valence-electron chi connectivity index (χ0n) is 6.23. The van der Waals surface area contributed by atoms with Crippen LogP contribution in [0.25, 0.3) is 0 Å². The lowest BCUT2D eigenvalue weighted by Crippen LogP contribution is -2.32. The van der Waals surface area contributed by atoms with Crippen molar-refractivity contribution in [3.63, 3.8) is 0 Å². The fourth-order valence-electron chi connectivity index (χ4n) is 0.684. The average Bonchev–Trinajstić information content (AvgIpc) is 1.92. The normalized spacial score (nSPS) is 11.6. The van der Waals surface area contributed by atoms with E-state index in [-0.39, 0.29) is 0 Å². The summed E-state index contributed by atoms with van der Waals surface area (Å²) in [5.74, 6) is -0.731. The Morgan fingerprint density at radius 3 is 2.58 bits per heavy atom. The van der Waals surface area contributed by atoms with E-state index in [0.717, 1.165) is 16.7 Å². The molecule has 12 heavy (non-hydrogen) atoms. The van der Waals surface area contributed by atoms with Crippen LogP contribution in [0.1, 0.15) is 0 Å². The summed E-state index contributed by atoms with van der Waals surface area (Å²) in [6, 6.07) is 1.85. The molecule has 0 aliphatic carbocycles. The molecule has 6 heteroatoms. The molecule has 0 amide bonds. The van der Waals surface area contributed by atoms with Gasteiger partial charge in [0.25, 0.3) is 10.1 Å². The Kier molecular flexibility index (Phi) is 2.12. The SMILES string of the molecule is C[n+]1ccc(S(=O)(=O)O)cc1F. The summed E-state index contributed by atoms with van der Waals surface area (Å²) in [5.41, 5.74) is 0. The molecule has 4 nitrogen and oxygen atoms in total. The van der Waals surface area contributed by atoms with Gasteiger partial charge >= 0.3 is 5.95 Å². The van der Waals surface area contributed by atoms with E-state index in [2.05, 4.69) is 0 Å². The predicted octanol–water partition coefficient (Wildman–Crippen LogP) is -0.103. The van der Waals surface area contributed by atoms with Gasteiger partial charge in [-0.15, -0.1) is 4.39 Å². The fourth-order valence-corrected chi connectivity index (χ4v) is 1.16. The topological polar surface area (TPSA) is 58.2 Å². The van der Waals surface area contributed by atoms with Crippen LogP contribution in [0, 0.1) is 5.95 Å². The van der Waals surface area contributed by atoms with Gasteiger partial charge in [0.15, 0.2) is 6.20 Å². The third kappa shape index (κ3) is 1.77. The van der Waals surface area contributed by atoms with Crippen molar-refractivity contribution < 1.29 is 21.9 Å². The van der Waals surface area contributed by atoms with Crippen LogP contribution in [0.15, 0.2) is 23.2 Å². The van der Waals surface area contributed by atoms with Gasteiger partial charge in [-0.2, -0.15) is 13.0 Å². The second kappa shape index (κ2) is 2.80. The van der Waals surface area contributed by atoms with E-state index in [4.69, 9.17) is 4.55 Å².